The van der Waals surface area contributed by atoms with Crippen LogP contribution in [-0.4, -0.2) is 57.6 Å². The third kappa shape index (κ3) is 3.98. The molecule has 1 saturated heterocycles. The van der Waals surface area contributed by atoms with E-state index >= 15 is 0 Å². The second-order valence-electron chi connectivity index (χ2n) is 7.92. The summed E-state index contributed by atoms with van der Waals surface area (Å²) in [6, 6.07) is 11.8. The summed E-state index contributed by atoms with van der Waals surface area (Å²) < 4.78 is 1.34. The van der Waals surface area contributed by atoms with Crippen molar-refractivity contribution in [3.8, 4) is 0 Å². The molecule has 0 N–H and O–H groups in total. The molecule has 1 aliphatic heterocycles. The Hall–Kier alpha value is -2.90. The lowest BCUT2D eigenvalue weighted by atomic mass is 10.1. The van der Waals surface area contributed by atoms with Crippen LogP contribution in [-0.2, 0) is 0 Å². The number of hydrogen-bond donors (Lipinski definition) is 0. The number of fused-ring (bicyclic) bond motifs is 1. The highest BCUT2D eigenvalue weighted by Crippen LogP contribution is 2.27. The molecule has 9 heteroatoms. The minimum absolute atomic E-state index is 0.185. The van der Waals surface area contributed by atoms with Crippen LogP contribution in [0.2, 0.25) is 10.0 Å². The third-order valence-corrected chi connectivity index (χ3v) is 6.38. The molecule has 0 spiro atoms. The Kier molecular flexibility index (Phi) is 6.22. The number of carbonyl (C=O) groups excluding carboxylic acids is 2. The Morgan fingerprint density at radius 1 is 0.875 bits per heavy atom. The Labute approximate surface area is 195 Å². The predicted octanol–water partition coefficient (Wildman–Crippen LogP) is 3.88. The number of benzene rings is 2. The largest absolute Gasteiger partial charge is 0.335 e. The van der Waals surface area contributed by atoms with Gasteiger partial charge in [-0.25, -0.2) is 4.68 Å². The van der Waals surface area contributed by atoms with Crippen LogP contribution in [0.3, 0.4) is 0 Å². The molecule has 32 heavy (non-hydrogen) atoms. The SMILES string of the molecule is CC(C)n1nc(C(=O)N2CCN(C(=O)c3cccc(Cl)c3Cl)CC2)c2ccccc2c1=O. The number of amides is 2. The van der Waals surface area contributed by atoms with Gasteiger partial charge in [-0.3, -0.25) is 14.4 Å². The highest BCUT2D eigenvalue weighted by atomic mass is 35.5. The summed E-state index contributed by atoms with van der Waals surface area (Å²) in [5.41, 5.74) is 0.364. The van der Waals surface area contributed by atoms with Gasteiger partial charge < -0.3 is 9.80 Å². The average Bonchev–Trinajstić information content (AvgIpc) is 2.80. The second kappa shape index (κ2) is 8.92. The van der Waals surface area contributed by atoms with E-state index in [1.54, 1.807) is 52.3 Å². The molecule has 0 saturated carbocycles. The summed E-state index contributed by atoms with van der Waals surface area (Å²) in [6.45, 7) is 5.11. The Bertz CT molecular complexity index is 1260. The van der Waals surface area contributed by atoms with Crippen molar-refractivity contribution in [2.75, 3.05) is 26.2 Å². The molecule has 1 aromatic heterocycles. The molecule has 2 amide bonds. The molecular weight excluding hydrogens is 451 g/mol. The molecule has 166 valence electrons. The van der Waals surface area contributed by atoms with Crippen molar-refractivity contribution in [1.29, 1.82) is 0 Å². The lowest BCUT2D eigenvalue weighted by Gasteiger charge is -2.35. The first-order chi connectivity index (χ1) is 15.3. The molecule has 2 heterocycles. The quantitative estimate of drug-likeness (QED) is 0.579. The maximum Gasteiger partial charge on any atom is 0.275 e. The molecule has 0 unspecified atom stereocenters. The van der Waals surface area contributed by atoms with Gasteiger partial charge in [-0.05, 0) is 32.0 Å². The van der Waals surface area contributed by atoms with Crippen LogP contribution in [0.1, 0.15) is 40.7 Å². The van der Waals surface area contributed by atoms with Gasteiger partial charge in [-0.2, -0.15) is 5.10 Å². The highest BCUT2D eigenvalue weighted by molar-refractivity contribution is 6.43. The summed E-state index contributed by atoms with van der Waals surface area (Å²) in [5, 5.41) is 5.94. The maximum atomic E-state index is 13.4. The Morgan fingerprint density at radius 3 is 2.09 bits per heavy atom. The van der Waals surface area contributed by atoms with E-state index < -0.39 is 0 Å². The zero-order chi connectivity index (χ0) is 23.0. The first kappa shape index (κ1) is 22.3. The summed E-state index contributed by atoms with van der Waals surface area (Å²) in [6.07, 6.45) is 0. The average molecular weight is 473 g/mol. The molecule has 2 aromatic carbocycles. The molecule has 4 rings (SSSR count). The number of nitrogens with zero attached hydrogens (tertiary/aromatic N) is 4. The maximum absolute atomic E-state index is 13.4. The fourth-order valence-electron chi connectivity index (χ4n) is 3.82. The van der Waals surface area contributed by atoms with Gasteiger partial charge in [0.05, 0.1) is 27.0 Å². The lowest BCUT2D eigenvalue weighted by Crippen LogP contribution is -2.51. The van der Waals surface area contributed by atoms with Gasteiger partial charge in [0, 0.05) is 31.6 Å². The van der Waals surface area contributed by atoms with Gasteiger partial charge in [-0.1, -0.05) is 47.5 Å². The van der Waals surface area contributed by atoms with Gasteiger partial charge in [0.25, 0.3) is 17.4 Å². The molecule has 0 radical (unpaired) electrons. The van der Waals surface area contributed by atoms with E-state index in [2.05, 4.69) is 5.10 Å². The molecule has 1 fully saturated rings. The van der Waals surface area contributed by atoms with Crippen LogP contribution in [0.15, 0.2) is 47.3 Å². The summed E-state index contributed by atoms with van der Waals surface area (Å²) >= 11 is 12.2. The van der Waals surface area contributed by atoms with E-state index in [4.69, 9.17) is 23.2 Å². The lowest BCUT2D eigenvalue weighted by molar-refractivity contribution is 0.0532. The van der Waals surface area contributed by atoms with Crippen molar-refractivity contribution in [2.45, 2.75) is 19.9 Å². The summed E-state index contributed by atoms with van der Waals surface area (Å²) in [7, 11) is 0. The van der Waals surface area contributed by atoms with Crippen molar-refractivity contribution in [3.05, 3.63) is 74.1 Å². The van der Waals surface area contributed by atoms with Gasteiger partial charge in [0.1, 0.15) is 0 Å². The van der Waals surface area contributed by atoms with Gasteiger partial charge in [0.2, 0.25) is 0 Å². The number of halogens is 2. The van der Waals surface area contributed by atoms with E-state index in [-0.39, 0.29) is 34.1 Å². The Morgan fingerprint density at radius 2 is 1.47 bits per heavy atom. The highest BCUT2D eigenvalue weighted by Gasteiger charge is 2.29. The number of aromatic nitrogens is 2. The fourth-order valence-corrected chi connectivity index (χ4v) is 4.20. The van der Waals surface area contributed by atoms with E-state index in [0.29, 0.717) is 47.5 Å². The molecule has 0 aliphatic carbocycles. The van der Waals surface area contributed by atoms with Crippen LogP contribution in [0.4, 0.5) is 0 Å². The number of piperazine rings is 1. The fraction of sp³-hybridized carbons (Fsp3) is 0.304. The molecule has 0 bridgehead atoms. The van der Waals surface area contributed by atoms with E-state index in [9.17, 15) is 14.4 Å². The van der Waals surface area contributed by atoms with E-state index in [1.807, 2.05) is 13.8 Å². The predicted molar refractivity (Wildman–Crippen MR) is 125 cm³/mol. The summed E-state index contributed by atoms with van der Waals surface area (Å²) in [5.74, 6) is -0.481. The molecule has 0 atom stereocenters. The summed E-state index contributed by atoms with van der Waals surface area (Å²) in [4.78, 5) is 42.3. The van der Waals surface area contributed by atoms with Crippen LogP contribution in [0.25, 0.3) is 10.8 Å². The number of rotatable bonds is 3. The number of carbonyl (C=O) groups is 2. The van der Waals surface area contributed by atoms with E-state index in [0.717, 1.165) is 0 Å². The van der Waals surface area contributed by atoms with Gasteiger partial charge in [0.15, 0.2) is 5.69 Å². The normalized spacial score (nSPS) is 14.3. The monoisotopic (exact) mass is 472 g/mol. The minimum atomic E-state index is -0.261. The zero-order valence-electron chi connectivity index (χ0n) is 17.7. The van der Waals surface area contributed by atoms with Crippen LogP contribution >= 0.6 is 23.2 Å². The zero-order valence-corrected chi connectivity index (χ0v) is 19.2. The van der Waals surface area contributed by atoms with Crippen LogP contribution < -0.4 is 5.56 Å². The Balaban J connectivity index is 1.57. The van der Waals surface area contributed by atoms with Gasteiger partial charge in [-0.15, -0.1) is 0 Å². The van der Waals surface area contributed by atoms with Crippen LogP contribution in [0, 0.1) is 0 Å². The molecule has 7 nitrogen and oxygen atoms in total. The minimum Gasteiger partial charge on any atom is -0.335 e. The number of hydrogen-bond acceptors (Lipinski definition) is 4. The van der Waals surface area contributed by atoms with Crippen molar-refractivity contribution in [1.82, 2.24) is 19.6 Å². The first-order valence-corrected chi connectivity index (χ1v) is 11.1. The molecule has 1 aliphatic rings. The second-order valence-corrected chi connectivity index (χ2v) is 8.71. The van der Waals surface area contributed by atoms with Crippen molar-refractivity contribution in [3.63, 3.8) is 0 Å². The van der Waals surface area contributed by atoms with E-state index in [1.165, 1.54) is 4.68 Å². The standard InChI is InChI=1S/C23H22Cl2N4O3/c1-14(2)29-22(31)16-7-4-3-6-15(16)20(26-29)23(32)28-12-10-27(11-13-28)21(30)17-8-5-9-18(24)19(17)25/h3-9,14H,10-13H2,1-2H3. The smallest absolute Gasteiger partial charge is 0.275 e. The van der Waals surface area contributed by atoms with Gasteiger partial charge >= 0.3 is 0 Å². The van der Waals surface area contributed by atoms with Crippen molar-refractivity contribution < 1.29 is 9.59 Å². The van der Waals surface area contributed by atoms with Crippen molar-refractivity contribution >= 4 is 45.8 Å². The first-order valence-electron chi connectivity index (χ1n) is 10.3. The molecule has 3 aromatic rings. The van der Waals surface area contributed by atoms with Crippen molar-refractivity contribution in [2.24, 2.45) is 0 Å². The topological polar surface area (TPSA) is 75.5 Å². The third-order valence-electron chi connectivity index (χ3n) is 5.56. The van der Waals surface area contributed by atoms with Crippen LogP contribution in [0.5, 0.6) is 0 Å². The molecular formula is C23H22Cl2N4O3.